The van der Waals surface area contributed by atoms with E-state index in [2.05, 4.69) is 4.90 Å². The fourth-order valence-electron chi connectivity index (χ4n) is 2.71. The SMILES string of the molecule is Cl.O=C(O)CCCCN1CCN(c2ccccc2[N+](=O)[O-])CC1. The van der Waals surface area contributed by atoms with Crippen molar-refractivity contribution >= 4 is 29.8 Å². The third-order valence-corrected chi connectivity index (χ3v) is 3.91. The molecule has 0 radical (unpaired) electrons. The van der Waals surface area contributed by atoms with Crippen LogP contribution in [0.4, 0.5) is 11.4 Å². The summed E-state index contributed by atoms with van der Waals surface area (Å²) in [4.78, 5) is 25.5. The van der Waals surface area contributed by atoms with Crippen molar-refractivity contribution in [1.29, 1.82) is 0 Å². The second kappa shape index (κ2) is 9.32. The fraction of sp³-hybridized carbons (Fsp3) is 0.533. The molecule has 2 rings (SSSR count). The smallest absolute Gasteiger partial charge is 0.303 e. The van der Waals surface area contributed by atoms with Crippen molar-refractivity contribution < 1.29 is 14.8 Å². The first kappa shape index (κ1) is 19.2. The highest BCUT2D eigenvalue weighted by molar-refractivity contribution is 5.85. The van der Waals surface area contributed by atoms with Gasteiger partial charge in [-0.3, -0.25) is 19.8 Å². The Kier molecular flexibility index (Phi) is 7.77. The quantitative estimate of drug-likeness (QED) is 0.464. The number of piperazine rings is 1. The number of anilines is 1. The van der Waals surface area contributed by atoms with Crippen molar-refractivity contribution in [3.8, 4) is 0 Å². The Morgan fingerprint density at radius 1 is 1.17 bits per heavy atom. The summed E-state index contributed by atoms with van der Waals surface area (Å²) in [7, 11) is 0. The zero-order chi connectivity index (χ0) is 15.9. The van der Waals surface area contributed by atoms with Gasteiger partial charge in [-0.25, -0.2) is 0 Å². The summed E-state index contributed by atoms with van der Waals surface area (Å²) in [5.41, 5.74) is 0.829. The number of para-hydroxylation sites is 2. The predicted octanol–water partition coefficient (Wildman–Crippen LogP) is 2.39. The van der Waals surface area contributed by atoms with Gasteiger partial charge in [-0.05, 0) is 25.5 Å². The molecule has 0 atom stereocenters. The van der Waals surface area contributed by atoms with Crippen molar-refractivity contribution in [1.82, 2.24) is 4.90 Å². The molecule has 8 heteroatoms. The van der Waals surface area contributed by atoms with Crippen LogP contribution in [0.15, 0.2) is 24.3 Å². The molecule has 7 nitrogen and oxygen atoms in total. The molecule has 1 aromatic carbocycles. The van der Waals surface area contributed by atoms with Crippen LogP contribution in [0.1, 0.15) is 19.3 Å². The van der Waals surface area contributed by atoms with E-state index in [1.165, 1.54) is 6.07 Å². The Morgan fingerprint density at radius 3 is 2.43 bits per heavy atom. The Labute approximate surface area is 141 Å². The van der Waals surface area contributed by atoms with Gasteiger partial charge < -0.3 is 10.0 Å². The first-order chi connectivity index (χ1) is 10.6. The van der Waals surface area contributed by atoms with Gasteiger partial charge in [0, 0.05) is 38.7 Å². The fourth-order valence-corrected chi connectivity index (χ4v) is 2.71. The highest BCUT2D eigenvalue weighted by Crippen LogP contribution is 2.28. The van der Waals surface area contributed by atoms with Crippen LogP contribution in [0.5, 0.6) is 0 Å². The summed E-state index contributed by atoms with van der Waals surface area (Å²) < 4.78 is 0. The van der Waals surface area contributed by atoms with Gasteiger partial charge in [0.05, 0.1) is 4.92 Å². The van der Waals surface area contributed by atoms with E-state index in [4.69, 9.17) is 5.11 Å². The predicted molar refractivity (Wildman–Crippen MR) is 90.5 cm³/mol. The standard InChI is InChI=1S/C15H21N3O4.ClH/c19-15(20)7-3-4-8-16-9-11-17(12-10-16)13-5-1-2-6-14(13)18(21)22;/h1-2,5-6H,3-4,7-12H2,(H,19,20);1H. The zero-order valence-corrected chi connectivity index (χ0v) is 13.7. The van der Waals surface area contributed by atoms with E-state index < -0.39 is 5.97 Å². The Morgan fingerprint density at radius 2 is 1.83 bits per heavy atom. The molecule has 0 aromatic heterocycles. The second-order valence-corrected chi connectivity index (χ2v) is 5.43. The number of hydrogen-bond acceptors (Lipinski definition) is 5. The molecule has 1 aliphatic heterocycles. The molecule has 0 spiro atoms. The number of benzene rings is 1. The highest BCUT2D eigenvalue weighted by Gasteiger charge is 2.22. The number of halogens is 1. The van der Waals surface area contributed by atoms with Gasteiger partial charge in [-0.1, -0.05) is 12.1 Å². The highest BCUT2D eigenvalue weighted by atomic mass is 35.5. The molecular formula is C15H22ClN3O4. The summed E-state index contributed by atoms with van der Waals surface area (Å²) in [6.07, 6.45) is 1.79. The van der Waals surface area contributed by atoms with Gasteiger partial charge in [0.1, 0.15) is 5.69 Å². The van der Waals surface area contributed by atoms with Gasteiger partial charge in [0.15, 0.2) is 0 Å². The minimum Gasteiger partial charge on any atom is -0.481 e. The van der Waals surface area contributed by atoms with E-state index in [1.807, 2.05) is 11.0 Å². The van der Waals surface area contributed by atoms with Gasteiger partial charge in [-0.15, -0.1) is 12.4 Å². The van der Waals surface area contributed by atoms with Crippen LogP contribution < -0.4 is 4.90 Å². The van der Waals surface area contributed by atoms with E-state index in [-0.39, 0.29) is 29.4 Å². The van der Waals surface area contributed by atoms with Crippen molar-refractivity contribution in [3.63, 3.8) is 0 Å². The molecular weight excluding hydrogens is 322 g/mol. The third-order valence-electron chi connectivity index (χ3n) is 3.91. The Hall–Kier alpha value is -1.86. The lowest BCUT2D eigenvalue weighted by Gasteiger charge is -2.35. The molecule has 128 valence electrons. The maximum atomic E-state index is 11.1. The van der Waals surface area contributed by atoms with Gasteiger partial charge >= 0.3 is 5.97 Å². The van der Waals surface area contributed by atoms with Crippen LogP contribution in [-0.2, 0) is 4.79 Å². The zero-order valence-electron chi connectivity index (χ0n) is 12.9. The number of hydrogen-bond donors (Lipinski definition) is 1. The topological polar surface area (TPSA) is 86.9 Å². The monoisotopic (exact) mass is 343 g/mol. The van der Waals surface area contributed by atoms with Gasteiger partial charge in [0.2, 0.25) is 0 Å². The number of aliphatic carboxylic acids is 1. The summed E-state index contributed by atoms with van der Waals surface area (Å²) in [6.45, 7) is 4.09. The molecule has 1 aromatic rings. The number of carbonyl (C=O) groups is 1. The van der Waals surface area contributed by atoms with Crippen molar-refractivity contribution in [3.05, 3.63) is 34.4 Å². The summed E-state index contributed by atoms with van der Waals surface area (Å²) >= 11 is 0. The molecule has 0 amide bonds. The largest absolute Gasteiger partial charge is 0.481 e. The molecule has 23 heavy (non-hydrogen) atoms. The molecule has 1 N–H and O–H groups in total. The van der Waals surface area contributed by atoms with Crippen LogP contribution in [0.25, 0.3) is 0 Å². The minimum atomic E-state index is -0.749. The lowest BCUT2D eigenvalue weighted by Crippen LogP contribution is -2.46. The summed E-state index contributed by atoms with van der Waals surface area (Å²) in [5, 5.41) is 19.7. The average Bonchev–Trinajstić information content (AvgIpc) is 2.52. The molecule has 0 saturated carbocycles. The van der Waals surface area contributed by atoms with Crippen LogP contribution in [-0.4, -0.2) is 53.6 Å². The summed E-state index contributed by atoms with van der Waals surface area (Å²) in [6, 6.07) is 6.83. The molecule has 1 aliphatic rings. The number of unbranched alkanes of at least 4 members (excludes halogenated alkanes) is 1. The number of rotatable bonds is 7. The van der Waals surface area contributed by atoms with Crippen molar-refractivity contribution in [2.75, 3.05) is 37.6 Å². The Bertz CT molecular complexity index is 533. The van der Waals surface area contributed by atoms with E-state index in [0.29, 0.717) is 12.1 Å². The molecule has 1 saturated heterocycles. The first-order valence-electron chi connectivity index (χ1n) is 7.50. The summed E-state index contributed by atoms with van der Waals surface area (Å²) in [5.74, 6) is -0.749. The molecule has 1 heterocycles. The van der Waals surface area contributed by atoms with E-state index in [1.54, 1.807) is 12.1 Å². The first-order valence-corrected chi connectivity index (χ1v) is 7.50. The average molecular weight is 344 g/mol. The number of nitro groups is 1. The second-order valence-electron chi connectivity index (χ2n) is 5.43. The molecule has 0 bridgehead atoms. The van der Waals surface area contributed by atoms with E-state index in [9.17, 15) is 14.9 Å². The lowest BCUT2D eigenvalue weighted by molar-refractivity contribution is -0.384. The minimum absolute atomic E-state index is 0. The number of carboxylic acids is 1. The number of nitrogens with zero attached hydrogens (tertiary/aromatic N) is 3. The van der Waals surface area contributed by atoms with Crippen LogP contribution in [0.2, 0.25) is 0 Å². The van der Waals surface area contributed by atoms with Gasteiger partial charge in [0.25, 0.3) is 5.69 Å². The van der Waals surface area contributed by atoms with Crippen LogP contribution in [0, 0.1) is 10.1 Å². The van der Waals surface area contributed by atoms with E-state index >= 15 is 0 Å². The Balaban J connectivity index is 0.00000264. The van der Waals surface area contributed by atoms with E-state index in [0.717, 1.165) is 39.1 Å². The van der Waals surface area contributed by atoms with Crippen LogP contribution >= 0.6 is 12.4 Å². The number of nitro benzene ring substituents is 1. The number of carboxylic acid groups (broad SMARTS) is 1. The normalized spacial score (nSPS) is 15.0. The molecule has 1 fully saturated rings. The third kappa shape index (κ3) is 5.69. The van der Waals surface area contributed by atoms with Crippen molar-refractivity contribution in [2.45, 2.75) is 19.3 Å². The molecule has 0 aliphatic carbocycles. The maximum Gasteiger partial charge on any atom is 0.303 e. The van der Waals surface area contributed by atoms with Gasteiger partial charge in [-0.2, -0.15) is 0 Å². The maximum absolute atomic E-state index is 11.1. The van der Waals surface area contributed by atoms with Crippen molar-refractivity contribution in [2.24, 2.45) is 0 Å². The van der Waals surface area contributed by atoms with Crippen LogP contribution in [0.3, 0.4) is 0 Å². The molecule has 0 unspecified atom stereocenters. The lowest BCUT2D eigenvalue weighted by atomic mass is 10.2.